The molecule has 2 heterocycles. The van der Waals surface area contributed by atoms with E-state index in [1.165, 1.54) is 44.2 Å². The zero-order valence-corrected chi connectivity index (χ0v) is 17.3. The second-order valence-electron chi connectivity index (χ2n) is 7.30. The lowest BCUT2D eigenvalue weighted by Crippen LogP contribution is -2.50. The summed E-state index contributed by atoms with van der Waals surface area (Å²) in [6.45, 7) is 0.993. The van der Waals surface area contributed by atoms with Gasteiger partial charge >= 0.3 is 12.1 Å². The second kappa shape index (κ2) is 8.85. The molecule has 0 aliphatic carbocycles. The van der Waals surface area contributed by atoms with Gasteiger partial charge in [-0.3, -0.25) is 19.8 Å². The zero-order chi connectivity index (χ0) is 23.6. The van der Waals surface area contributed by atoms with Gasteiger partial charge in [-0.05, 0) is 44.2 Å². The second-order valence-corrected chi connectivity index (χ2v) is 7.30. The first-order chi connectivity index (χ1) is 15.0. The van der Waals surface area contributed by atoms with Crippen molar-refractivity contribution in [2.75, 3.05) is 11.6 Å². The number of esters is 1. The van der Waals surface area contributed by atoms with Crippen molar-refractivity contribution in [3.05, 3.63) is 52.8 Å². The summed E-state index contributed by atoms with van der Waals surface area (Å²) in [7, 11) is 0. The van der Waals surface area contributed by atoms with E-state index in [1.54, 1.807) is 0 Å². The number of carbonyl (C=O) groups excluding carboxylic acids is 4. The molecular weight excluding hydrogens is 431 g/mol. The maximum atomic E-state index is 12.7. The first kappa shape index (κ1) is 23.0. The number of aromatic nitrogens is 1. The van der Waals surface area contributed by atoms with Gasteiger partial charge in [0.1, 0.15) is 6.54 Å². The van der Waals surface area contributed by atoms with E-state index in [9.17, 15) is 32.3 Å². The average Bonchev–Trinajstić information content (AvgIpc) is 3.00. The molecule has 1 N–H and O–H groups in total. The summed E-state index contributed by atoms with van der Waals surface area (Å²) in [6, 6.07) is 6.94. The number of ketones is 1. The molecule has 1 aromatic carbocycles. The Balaban J connectivity index is 1.63. The van der Waals surface area contributed by atoms with E-state index in [4.69, 9.17) is 4.74 Å². The van der Waals surface area contributed by atoms with Crippen molar-refractivity contribution in [1.29, 1.82) is 0 Å². The van der Waals surface area contributed by atoms with E-state index < -0.39 is 31.1 Å². The molecule has 0 unspecified atom stereocenters. The van der Waals surface area contributed by atoms with Crippen LogP contribution in [0.25, 0.3) is 0 Å². The zero-order valence-electron chi connectivity index (χ0n) is 17.3. The molecule has 32 heavy (non-hydrogen) atoms. The number of nitrogens with one attached hydrogen (secondary N) is 1. The molecule has 1 aliphatic heterocycles. The molecule has 2 aromatic rings. The number of nitrogens with zero attached hydrogens (tertiary/aromatic N) is 2. The number of alkyl halides is 3. The van der Waals surface area contributed by atoms with Gasteiger partial charge in [0.15, 0.2) is 6.61 Å². The van der Waals surface area contributed by atoms with Gasteiger partial charge in [0.25, 0.3) is 0 Å². The van der Waals surface area contributed by atoms with Gasteiger partial charge in [-0.2, -0.15) is 13.2 Å². The van der Waals surface area contributed by atoms with E-state index >= 15 is 0 Å². The molecular formula is C21H20F3N3O5. The highest BCUT2D eigenvalue weighted by atomic mass is 19.4. The quantitative estimate of drug-likeness (QED) is 0.538. The minimum atomic E-state index is -4.44. The van der Waals surface area contributed by atoms with Gasteiger partial charge in [0, 0.05) is 29.8 Å². The molecule has 170 valence electrons. The summed E-state index contributed by atoms with van der Waals surface area (Å²) in [5.41, 5.74) is 3.33. The molecule has 1 aromatic heterocycles. The number of hydrazine groups is 1. The van der Waals surface area contributed by atoms with Crippen LogP contribution in [0.4, 0.5) is 18.9 Å². The third-order valence-electron chi connectivity index (χ3n) is 4.96. The number of aryl methyl sites for hydroxylation is 1. The molecule has 8 nitrogen and oxygen atoms in total. The Bertz CT molecular complexity index is 1070. The Morgan fingerprint density at radius 1 is 1.09 bits per heavy atom. The van der Waals surface area contributed by atoms with Crippen LogP contribution in [0.15, 0.2) is 30.3 Å². The molecule has 1 aliphatic rings. The fraction of sp³-hybridized carbons (Fsp3) is 0.333. The van der Waals surface area contributed by atoms with Crippen LogP contribution in [0.5, 0.6) is 0 Å². The van der Waals surface area contributed by atoms with Crippen LogP contribution in [0.1, 0.15) is 44.9 Å². The van der Waals surface area contributed by atoms with Crippen LogP contribution in [0.2, 0.25) is 0 Å². The van der Waals surface area contributed by atoms with E-state index in [1.807, 2.05) is 0 Å². The summed E-state index contributed by atoms with van der Waals surface area (Å²) >= 11 is 0. The maximum Gasteiger partial charge on any atom is 0.406 e. The van der Waals surface area contributed by atoms with Gasteiger partial charge in [0.05, 0.1) is 11.3 Å². The molecule has 2 amide bonds. The number of benzene rings is 1. The number of rotatable bonds is 6. The predicted molar refractivity (Wildman–Crippen MR) is 106 cm³/mol. The number of anilines is 1. The van der Waals surface area contributed by atoms with Crippen LogP contribution in [0, 0.1) is 13.8 Å². The van der Waals surface area contributed by atoms with Crippen LogP contribution >= 0.6 is 0 Å². The van der Waals surface area contributed by atoms with E-state index in [0.717, 1.165) is 9.58 Å². The summed E-state index contributed by atoms with van der Waals surface area (Å²) in [5.74, 6) is -2.05. The minimum Gasteiger partial charge on any atom is -0.454 e. The summed E-state index contributed by atoms with van der Waals surface area (Å²) < 4.78 is 44.2. The van der Waals surface area contributed by atoms with Gasteiger partial charge in [-0.15, -0.1) is 0 Å². The molecule has 3 rings (SSSR count). The number of ether oxygens (including phenoxy) is 1. The molecule has 1 saturated heterocycles. The van der Waals surface area contributed by atoms with Gasteiger partial charge in [-0.1, -0.05) is 0 Å². The van der Waals surface area contributed by atoms with Crippen LogP contribution < -0.4 is 10.4 Å². The Morgan fingerprint density at radius 3 is 2.38 bits per heavy atom. The van der Waals surface area contributed by atoms with Crippen molar-refractivity contribution >= 4 is 29.3 Å². The topological polar surface area (TPSA) is 97.7 Å². The number of amides is 2. The van der Waals surface area contributed by atoms with Gasteiger partial charge in [-0.25, -0.2) is 9.80 Å². The van der Waals surface area contributed by atoms with Gasteiger partial charge in [0.2, 0.25) is 17.6 Å². The normalized spacial score (nSPS) is 14.3. The lowest BCUT2D eigenvalue weighted by Gasteiger charge is -2.27. The first-order valence-electron chi connectivity index (χ1n) is 9.62. The highest BCUT2D eigenvalue weighted by Crippen LogP contribution is 2.24. The van der Waals surface area contributed by atoms with Crippen molar-refractivity contribution in [3.63, 3.8) is 0 Å². The Labute approximate surface area is 180 Å². The average molecular weight is 451 g/mol. The van der Waals surface area contributed by atoms with Crippen molar-refractivity contribution in [2.45, 2.75) is 39.4 Å². The summed E-state index contributed by atoms with van der Waals surface area (Å²) in [6.07, 6.45) is -4.26. The third kappa shape index (κ3) is 5.16. The number of hydrogen-bond acceptors (Lipinski definition) is 5. The lowest BCUT2D eigenvalue weighted by molar-refractivity contribution is -0.141. The summed E-state index contributed by atoms with van der Waals surface area (Å²) in [4.78, 5) is 48.1. The largest absolute Gasteiger partial charge is 0.454 e. The molecule has 0 atom stereocenters. The molecule has 0 bridgehead atoms. The first-order valence-corrected chi connectivity index (χ1v) is 9.62. The molecule has 0 radical (unpaired) electrons. The van der Waals surface area contributed by atoms with Crippen molar-refractivity contribution < 1.29 is 37.1 Å². The van der Waals surface area contributed by atoms with Crippen LogP contribution in [0.3, 0.4) is 0 Å². The summed E-state index contributed by atoms with van der Waals surface area (Å²) in [5, 5.41) is 1.08. The standard InChI is InChI=1S/C21H20F3N3O5/c1-12-9-16(13(2)26(12)11-21(22,23)24)17(28)10-32-20(31)14-3-5-15(6-4-14)27-19(30)8-7-18(29)25-27/h3-6,9H,7-8,10-11H2,1-2H3,(H,25,29). The van der Waals surface area contributed by atoms with E-state index in [-0.39, 0.29) is 47.2 Å². The monoisotopic (exact) mass is 451 g/mol. The Hall–Kier alpha value is -3.63. The number of hydrogen-bond donors (Lipinski definition) is 1. The molecule has 1 fully saturated rings. The van der Waals surface area contributed by atoms with Crippen LogP contribution in [-0.4, -0.2) is 40.9 Å². The third-order valence-corrected chi connectivity index (χ3v) is 4.96. The van der Waals surface area contributed by atoms with Crippen molar-refractivity contribution in [1.82, 2.24) is 9.99 Å². The highest BCUT2D eigenvalue weighted by molar-refractivity contribution is 6.02. The number of Topliss-reactive ketones (excluding diaryl/α,β-unsaturated/α-hetero) is 1. The number of carbonyl (C=O) groups is 4. The van der Waals surface area contributed by atoms with E-state index in [0.29, 0.717) is 5.69 Å². The number of halogens is 3. The Morgan fingerprint density at radius 2 is 1.75 bits per heavy atom. The lowest BCUT2D eigenvalue weighted by atomic mass is 10.1. The maximum absolute atomic E-state index is 12.7. The van der Waals surface area contributed by atoms with Crippen LogP contribution in [-0.2, 0) is 20.9 Å². The smallest absolute Gasteiger partial charge is 0.406 e. The minimum absolute atomic E-state index is 0.0502. The fourth-order valence-electron chi connectivity index (χ4n) is 3.33. The van der Waals surface area contributed by atoms with E-state index in [2.05, 4.69) is 5.43 Å². The molecule has 0 saturated carbocycles. The Kier molecular flexibility index (Phi) is 6.37. The fourth-order valence-corrected chi connectivity index (χ4v) is 3.33. The van der Waals surface area contributed by atoms with Crippen molar-refractivity contribution in [2.24, 2.45) is 0 Å². The molecule has 0 spiro atoms. The SMILES string of the molecule is Cc1cc(C(=O)COC(=O)c2ccc(N3NC(=O)CCC3=O)cc2)c(C)n1CC(F)(F)F. The van der Waals surface area contributed by atoms with Gasteiger partial charge < -0.3 is 9.30 Å². The van der Waals surface area contributed by atoms with Crippen molar-refractivity contribution in [3.8, 4) is 0 Å². The predicted octanol–water partition coefficient (Wildman–Crippen LogP) is 2.86. The highest BCUT2D eigenvalue weighted by Gasteiger charge is 2.30. The molecule has 11 heteroatoms.